The van der Waals surface area contributed by atoms with Crippen molar-refractivity contribution >= 4 is 39.0 Å². The number of esters is 1. The van der Waals surface area contributed by atoms with Gasteiger partial charge < -0.3 is 14.8 Å². The Morgan fingerprint density at radius 2 is 1.78 bits per heavy atom. The lowest BCUT2D eigenvalue weighted by atomic mass is 10.2. The van der Waals surface area contributed by atoms with E-state index < -0.39 is 41.2 Å². The summed E-state index contributed by atoms with van der Waals surface area (Å²) in [5, 5.41) is 7.70. The van der Waals surface area contributed by atoms with Crippen molar-refractivity contribution in [1.29, 1.82) is 0 Å². The van der Waals surface area contributed by atoms with E-state index >= 15 is 0 Å². The Labute approximate surface area is 207 Å². The van der Waals surface area contributed by atoms with Gasteiger partial charge in [-0.25, -0.2) is 13.6 Å². The van der Waals surface area contributed by atoms with Crippen molar-refractivity contribution in [2.75, 3.05) is 11.9 Å². The van der Waals surface area contributed by atoms with Gasteiger partial charge in [-0.15, -0.1) is 24.5 Å². The summed E-state index contributed by atoms with van der Waals surface area (Å²) in [6.45, 7) is 1.53. The summed E-state index contributed by atoms with van der Waals surface area (Å²) in [4.78, 5) is 38.6. The summed E-state index contributed by atoms with van der Waals surface area (Å²) in [5.41, 5.74) is -1.37. The Morgan fingerprint density at radius 3 is 2.41 bits per heavy atom. The number of alkyl halides is 3. The van der Waals surface area contributed by atoms with Crippen LogP contribution in [0.2, 0.25) is 0 Å². The first-order valence-electron chi connectivity index (χ1n) is 10.3. The molecule has 4 aromatic rings. The molecule has 0 unspecified atom stereocenters. The highest BCUT2D eigenvalue weighted by atomic mass is 32.1. The normalized spacial score (nSPS) is 11.4. The molecule has 0 radical (unpaired) electrons. The van der Waals surface area contributed by atoms with E-state index in [-0.39, 0.29) is 39.3 Å². The minimum Gasteiger partial charge on any atom is -0.461 e. The number of thiophene rings is 1. The fourth-order valence-electron chi connectivity index (χ4n) is 3.27. The van der Waals surface area contributed by atoms with Crippen LogP contribution in [0, 0.1) is 11.6 Å². The molecule has 0 aliphatic rings. The van der Waals surface area contributed by atoms with Gasteiger partial charge in [0.15, 0.2) is 17.3 Å². The number of fused-ring (bicyclic) bond motifs is 1. The molecule has 0 bridgehead atoms. The number of hydrogen-bond acceptors (Lipinski definition) is 7. The zero-order valence-corrected chi connectivity index (χ0v) is 19.4. The predicted molar refractivity (Wildman–Crippen MR) is 122 cm³/mol. The standard InChI is InChI=1S/C23H14F5N3O5S/c1-2-35-22(34)18-14-10-37-20(29-19(32)11-3-8-15(24)16(25)9-11)17(14)21(33)31(30-18)12-4-6-13(7-5-12)36-23(26,27)28/h3-10H,2H2,1H3,(H,29,32). The van der Waals surface area contributed by atoms with Crippen molar-refractivity contribution in [1.82, 2.24) is 9.78 Å². The molecule has 0 atom stereocenters. The van der Waals surface area contributed by atoms with E-state index in [9.17, 15) is 36.3 Å². The minimum absolute atomic E-state index is 0.0175. The quantitative estimate of drug-likeness (QED) is 0.272. The van der Waals surface area contributed by atoms with E-state index in [0.29, 0.717) is 6.07 Å². The molecule has 2 aromatic heterocycles. The molecule has 2 heterocycles. The average molecular weight is 539 g/mol. The lowest BCUT2D eigenvalue weighted by Gasteiger charge is -2.12. The van der Waals surface area contributed by atoms with Gasteiger partial charge in [-0.05, 0) is 49.4 Å². The number of nitrogens with one attached hydrogen (secondary N) is 1. The lowest BCUT2D eigenvalue weighted by molar-refractivity contribution is -0.274. The summed E-state index contributed by atoms with van der Waals surface area (Å²) < 4.78 is 73.8. The zero-order chi connectivity index (χ0) is 26.9. The Morgan fingerprint density at radius 1 is 1.08 bits per heavy atom. The molecule has 0 saturated heterocycles. The van der Waals surface area contributed by atoms with Gasteiger partial charge in [0.05, 0.1) is 17.7 Å². The third kappa shape index (κ3) is 5.43. The number of carbonyl (C=O) groups is 2. The minimum atomic E-state index is -4.93. The Kier molecular flexibility index (Phi) is 6.94. The van der Waals surface area contributed by atoms with Crippen molar-refractivity contribution in [2.24, 2.45) is 0 Å². The van der Waals surface area contributed by atoms with Gasteiger partial charge in [0.1, 0.15) is 10.8 Å². The third-order valence-corrected chi connectivity index (χ3v) is 5.74. The van der Waals surface area contributed by atoms with Crippen LogP contribution in [0.5, 0.6) is 5.75 Å². The van der Waals surface area contributed by atoms with Crippen LogP contribution in [-0.4, -0.2) is 34.6 Å². The van der Waals surface area contributed by atoms with Crippen LogP contribution >= 0.6 is 11.3 Å². The molecule has 2 aromatic carbocycles. The lowest BCUT2D eigenvalue weighted by Crippen LogP contribution is -2.25. The van der Waals surface area contributed by atoms with Gasteiger partial charge >= 0.3 is 12.3 Å². The number of amides is 1. The molecule has 0 aliphatic heterocycles. The number of nitrogens with zero attached hydrogens (tertiary/aromatic N) is 2. The SMILES string of the molecule is CCOC(=O)c1nn(-c2ccc(OC(F)(F)F)cc2)c(=O)c2c(NC(=O)c3ccc(F)c(F)c3)scc12. The van der Waals surface area contributed by atoms with E-state index in [2.05, 4.69) is 15.2 Å². The number of ether oxygens (including phenoxy) is 2. The number of halogens is 5. The highest BCUT2D eigenvalue weighted by molar-refractivity contribution is 7.16. The first-order valence-corrected chi connectivity index (χ1v) is 11.2. The fraction of sp³-hybridized carbons (Fsp3) is 0.130. The Hall–Kier alpha value is -4.33. The van der Waals surface area contributed by atoms with Gasteiger partial charge in [0, 0.05) is 16.3 Å². The smallest absolute Gasteiger partial charge is 0.461 e. The van der Waals surface area contributed by atoms with E-state index in [1.54, 1.807) is 6.92 Å². The number of anilines is 1. The van der Waals surface area contributed by atoms with Crippen LogP contribution in [-0.2, 0) is 4.74 Å². The maximum atomic E-state index is 13.6. The highest BCUT2D eigenvalue weighted by Gasteiger charge is 2.31. The van der Waals surface area contributed by atoms with Gasteiger partial charge in [0.2, 0.25) is 0 Å². The number of benzene rings is 2. The summed E-state index contributed by atoms with van der Waals surface area (Å²) in [5.74, 6) is -4.71. The molecule has 0 saturated carbocycles. The topological polar surface area (TPSA) is 99.5 Å². The van der Waals surface area contributed by atoms with Gasteiger partial charge in [0.25, 0.3) is 11.5 Å². The van der Waals surface area contributed by atoms with E-state index in [1.807, 2.05) is 0 Å². The number of hydrogen-bond donors (Lipinski definition) is 1. The first kappa shape index (κ1) is 25.8. The van der Waals surface area contributed by atoms with Crippen molar-refractivity contribution in [2.45, 2.75) is 13.3 Å². The average Bonchev–Trinajstić information content (AvgIpc) is 3.25. The van der Waals surface area contributed by atoms with Gasteiger partial charge in [-0.2, -0.15) is 9.78 Å². The molecule has 0 aliphatic carbocycles. The molecule has 4 rings (SSSR count). The van der Waals surface area contributed by atoms with E-state index in [4.69, 9.17) is 4.74 Å². The molecule has 8 nitrogen and oxygen atoms in total. The number of carbonyl (C=O) groups excluding carboxylic acids is 2. The highest BCUT2D eigenvalue weighted by Crippen LogP contribution is 2.31. The molecule has 1 N–H and O–H groups in total. The van der Waals surface area contributed by atoms with Gasteiger partial charge in [-0.1, -0.05) is 0 Å². The molecule has 192 valence electrons. The van der Waals surface area contributed by atoms with E-state index in [0.717, 1.165) is 52.4 Å². The molecule has 1 amide bonds. The van der Waals surface area contributed by atoms with Crippen LogP contribution in [0.25, 0.3) is 16.5 Å². The van der Waals surface area contributed by atoms with Gasteiger partial charge in [-0.3, -0.25) is 9.59 Å². The maximum Gasteiger partial charge on any atom is 0.573 e. The first-order chi connectivity index (χ1) is 17.5. The summed E-state index contributed by atoms with van der Waals surface area (Å²) in [7, 11) is 0. The van der Waals surface area contributed by atoms with Crippen molar-refractivity contribution in [3.05, 3.63) is 81.1 Å². The zero-order valence-electron chi connectivity index (χ0n) is 18.6. The van der Waals surface area contributed by atoms with Crippen LogP contribution in [0.15, 0.2) is 52.6 Å². The molecule has 0 spiro atoms. The van der Waals surface area contributed by atoms with Crippen LogP contribution in [0.3, 0.4) is 0 Å². The molecular formula is C23H14F5N3O5S. The monoisotopic (exact) mass is 539 g/mol. The fourth-order valence-corrected chi connectivity index (χ4v) is 4.20. The maximum absolute atomic E-state index is 13.6. The molecular weight excluding hydrogens is 525 g/mol. The summed E-state index contributed by atoms with van der Waals surface area (Å²) in [6, 6.07) is 6.60. The van der Waals surface area contributed by atoms with Crippen LogP contribution in [0.1, 0.15) is 27.8 Å². The van der Waals surface area contributed by atoms with E-state index in [1.165, 1.54) is 5.38 Å². The second kappa shape index (κ2) is 9.97. The van der Waals surface area contributed by atoms with Crippen LogP contribution in [0.4, 0.5) is 27.0 Å². The molecule has 0 fully saturated rings. The van der Waals surface area contributed by atoms with Crippen molar-refractivity contribution in [3.63, 3.8) is 0 Å². The third-order valence-electron chi connectivity index (χ3n) is 4.84. The Bertz CT molecular complexity index is 1560. The predicted octanol–water partition coefficient (Wildman–Crippen LogP) is 5.05. The molecule has 14 heteroatoms. The molecule has 37 heavy (non-hydrogen) atoms. The van der Waals surface area contributed by atoms with Crippen molar-refractivity contribution in [3.8, 4) is 11.4 Å². The number of rotatable bonds is 6. The summed E-state index contributed by atoms with van der Waals surface area (Å²) >= 11 is 0.864. The second-order valence-corrected chi connectivity index (χ2v) is 8.14. The largest absolute Gasteiger partial charge is 0.573 e. The Balaban J connectivity index is 1.82. The number of aromatic nitrogens is 2. The second-order valence-electron chi connectivity index (χ2n) is 7.26. The van der Waals surface area contributed by atoms with Crippen molar-refractivity contribution < 1.29 is 41.0 Å². The van der Waals surface area contributed by atoms with Crippen LogP contribution < -0.4 is 15.6 Å². The summed E-state index contributed by atoms with van der Waals surface area (Å²) in [6.07, 6.45) is -4.93.